The molecule has 7 nitrogen and oxygen atoms in total. The molecular weight excluding hydrogens is 489 g/mol. The monoisotopic (exact) mass is 512 g/mol. The van der Waals surface area contributed by atoms with E-state index in [1.165, 1.54) is 36.3 Å². The number of nitrogens with zero attached hydrogens (tertiary/aromatic N) is 1. The summed E-state index contributed by atoms with van der Waals surface area (Å²) >= 11 is 0. The molecule has 0 saturated carbocycles. The number of methoxy groups -OCH3 is 2. The van der Waals surface area contributed by atoms with Crippen molar-refractivity contribution < 1.29 is 36.7 Å². The number of benzene rings is 2. The number of halogens is 3. The molecule has 0 aliphatic carbocycles. The van der Waals surface area contributed by atoms with E-state index in [9.17, 15) is 22.8 Å². The second-order valence-electron chi connectivity index (χ2n) is 8.67. The third-order valence-electron chi connectivity index (χ3n) is 6.57. The number of esters is 1. The number of nitrogens with one attached hydrogen (secondary N) is 1. The molecule has 4 aromatic rings. The summed E-state index contributed by atoms with van der Waals surface area (Å²) in [6.45, 7) is 0.271. The fourth-order valence-electron chi connectivity index (χ4n) is 4.85. The van der Waals surface area contributed by atoms with E-state index in [2.05, 4.69) is 9.72 Å². The molecule has 0 radical (unpaired) electrons. The summed E-state index contributed by atoms with van der Waals surface area (Å²) in [7, 11) is 2.77. The smallest absolute Gasteiger partial charge is 0.417 e. The van der Waals surface area contributed by atoms with E-state index in [1.54, 1.807) is 19.2 Å². The highest BCUT2D eigenvalue weighted by molar-refractivity contribution is 5.95. The minimum atomic E-state index is -4.57. The quantitative estimate of drug-likeness (QED) is 0.282. The third-order valence-corrected chi connectivity index (χ3v) is 6.57. The summed E-state index contributed by atoms with van der Waals surface area (Å²) in [5, 5.41) is 0.911. The van der Waals surface area contributed by atoms with Crippen molar-refractivity contribution in [3.05, 3.63) is 77.2 Å². The number of alkyl halides is 3. The molecule has 0 spiro atoms. The van der Waals surface area contributed by atoms with E-state index in [0.29, 0.717) is 17.9 Å². The Morgan fingerprint density at radius 2 is 1.89 bits per heavy atom. The normalized spacial score (nSPS) is 15.5. The van der Waals surface area contributed by atoms with Gasteiger partial charge in [-0.05, 0) is 48.4 Å². The summed E-state index contributed by atoms with van der Waals surface area (Å²) in [6.07, 6.45) is -4.54. The highest BCUT2D eigenvalue weighted by Gasteiger charge is 2.38. The standard InChI is InChI=1S/C27H23F3N2O5/c1-35-15-7-8-20-18(13-15)16-11-12-32(23(33)14-24(34)36-2)26(25(16)31-20)22-10-9-21(37-22)17-5-3-4-6-19(17)27(28,29)30/h3-10,13,26,31H,11-12,14H2,1-2H3/t26-/m1/s1. The first-order valence-corrected chi connectivity index (χ1v) is 11.5. The zero-order valence-corrected chi connectivity index (χ0v) is 20.0. The number of fused-ring (bicyclic) bond motifs is 3. The van der Waals surface area contributed by atoms with Crippen LogP contribution in [-0.2, 0) is 26.9 Å². The Hall–Kier alpha value is -4.21. The first kappa shape index (κ1) is 24.5. The summed E-state index contributed by atoms with van der Waals surface area (Å²) < 4.78 is 57.0. The van der Waals surface area contributed by atoms with E-state index in [0.717, 1.165) is 22.5 Å². The molecule has 0 fully saturated rings. The number of carbonyl (C=O) groups excluding carboxylic acids is 2. The Bertz CT molecular complexity index is 1490. The van der Waals surface area contributed by atoms with E-state index < -0.39 is 36.1 Å². The number of amides is 1. The number of aromatic amines is 1. The van der Waals surface area contributed by atoms with Gasteiger partial charge < -0.3 is 23.8 Å². The summed E-state index contributed by atoms with van der Waals surface area (Å²) in [5.74, 6) is -0.209. The molecule has 0 saturated heterocycles. The van der Waals surface area contributed by atoms with E-state index in [1.807, 2.05) is 12.1 Å². The lowest BCUT2D eigenvalue weighted by atomic mass is 9.95. The number of carbonyl (C=O) groups is 2. The molecule has 1 amide bonds. The van der Waals surface area contributed by atoms with Gasteiger partial charge in [0.25, 0.3) is 0 Å². The van der Waals surface area contributed by atoms with Crippen LogP contribution in [-0.4, -0.2) is 42.5 Å². The van der Waals surface area contributed by atoms with Crippen molar-refractivity contribution in [2.75, 3.05) is 20.8 Å². The van der Waals surface area contributed by atoms with Gasteiger partial charge >= 0.3 is 12.1 Å². The number of ether oxygens (including phenoxy) is 2. The fraction of sp³-hybridized carbons (Fsp3) is 0.259. The van der Waals surface area contributed by atoms with Crippen LogP contribution >= 0.6 is 0 Å². The minimum Gasteiger partial charge on any atom is -0.497 e. The zero-order valence-electron chi connectivity index (χ0n) is 20.0. The Balaban J connectivity index is 1.63. The molecule has 1 aliphatic rings. The zero-order chi connectivity index (χ0) is 26.3. The van der Waals surface area contributed by atoms with Gasteiger partial charge in [-0.25, -0.2) is 0 Å². The van der Waals surface area contributed by atoms with E-state index >= 15 is 0 Å². The molecule has 1 atom stereocenters. The van der Waals surface area contributed by atoms with Crippen molar-refractivity contribution in [3.8, 4) is 17.1 Å². The lowest BCUT2D eigenvalue weighted by Crippen LogP contribution is -2.41. The van der Waals surface area contributed by atoms with Crippen molar-refractivity contribution in [3.63, 3.8) is 0 Å². The van der Waals surface area contributed by atoms with Crippen LogP contribution in [0.3, 0.4) is 0 Å². The maximum absolute atomic E-state index is 13.6. The van der Waals surface area contributed by atoms with Crippen LogP contribution in [0.5, 0.6) is 5.75 Å². The van der Waals surface area contributed by atoms with Crippen LogP contribution in [0.4, 0.5) is 13.2 Å². The number of furan rings is 1. The molecule has 0 unspecified atom stereocenters. The molecule has 1 aliphatic heterocycles. The van der Waals surface area contributed by atoms with Crippen LogP contribution < -0.4 is 4.74 Å². The van der Waals surface area contributed by atoms with E-state index in [-0.39, 0.29) is 23.6 Å². The van der Waals surface area contributed by atoms with Gasteiger partial charge in [0, 0.05) is 23.0 Å². The first-order chi connectivity index (χ1) is 17.7. The highest BCUT2D eigenvalue weighted by Crippen LogP contribution is 2.43. The lowest BCUT2D eigenvalue weighted by molar-refractivity contribution is -0.147. The number of rotatable bonds is 5. The minimum absolute atomic E-state index is 0.0215. The second-order valence-corrected chi connectivity index (χ2v) is 8.67. The molecule has 1 N–H and O–H groups in total. The van der Waals surface area contributed by atoms with Gasteiger partial charge in [-0.3, -0.25) is 9.59 Å². The summed E-state index contributed by atoms with van der Waals surface area (Å²) in [5.41, 5.74) is 1.49. The predicted octanol–water partition coefficient (Wildman–Crippen LogP) is 5.49. The Labute approximate surface area is 209 Å². The number of aromatic nitrogens is 1. The molecule has 2 aromatic carbocycles. The van der Waals surface area contributed by atoms with Crippen LogP contribution in [0.15, 0.2) is 59.0 Å². The first-order valence-electron chi connectivity index (χ1n) is 11.5. The Morgan fingerprint density at radius 3 is 2.62 bits per heavy atom. The lowest BCUT2D eigenvalue weighted by Gasteiger charge is -2.34. The summed E-state index contributed by atoms with van der Waals surface area (Å²) in [6, 6.07) is 12.9. The van der Waals surface area contributed by atoms with Gasteiger partial charge in [0.05, 0.1) is 25.5 Å². The molecule has 2 aromatic heterocycles. The van der Waals surface area contributed by atoms with Gasteiger partial charge in [-0.2, -0.15) is 13.2 Å². The maximum Gasteiger partial charge on any atom is 0.417 e. The SMILES string of the molecule is COC(=O)CC(=O)N1CCc2c([nH]c3ccc(OC)cc23)[C@H]1c1ccc(-c2ccccc2C(F)(F)F)o1. The predicted molar refractivity (Wildman–Crippen MR) is 128 cm³/mol. The van der Waals surface area contributed by atoms with Gasteiger partial charge in [0.1, 0.15) is 29.7 Å². The van der Waals surface area contributed by atoms with Crippen molar-refractivity contribution in [2.24, 2.45) is 0 Å². The van der Waals surface area contributed by atoms with Gasteiger partial charge in [-0.15, -0.1) is 0 Å². The van der Waals surface area contributed by atoms with Crippen LogP contribution in [0, 0.1) is 0 Å². The average molecular weight is 512 g/mol. The van der Waals surface area contributed by atoms with Gasteiger partial charge in [0.2, 0.25) is 5.91 Å². The summed E-state index contributed by atoms with van der Waals surface area (Å²) in [4.78, 5) is 29.8. The van der Waals surface area contributed by atoms with Crippen LogP contribution in [0.25, 0.3) is 22.2 Å². The van der Waals surface area contributed by atoms with Gasteiger partial charge in [0.15, 0.2) is 0 Å². The number of hydrogen-bond acceptors (Lipinski definition) is 5. The van der Waals surface area contributed by atoms with Crippen LogP contribution in [0.2, 0.25) is 0 Å². The second kappa shape index (κ2) is 9.34. The molecule has 10 heteroatoms. The van der Waals surface area contributed by atoms with Crippen molar-refractivity contribution in [1.82, 2.24) is 9.88 Å². The average Bonchev–Trinajstić information content (AvgIpc) is 3.52. The molecule has 3 heterocycles. The van der Waals surface area contributed by atoms with Crippen molar-refractivity contribution in [2.45, 2.75) is 25.1 Å². The molecule has 192 valence electrons. The van der Waals surface area contributed by atoms with E-state index in [4.69, 9.17) is 9.15 Å². The maximum atomic E-state index is 13.6. The van der Waals surface area contributed by atoms with Crippen molar-refractivity contribution >= 4 is 22.8 Å². The topological polar surface area (TPSA) is 84.8 Å². The molecule has 0 bridgehead atoms. The fourth-order valence-corrected chi connectivity index (χ4v) is 4.85. The molecule has 37 heavy (non-hydrogen) atoms. The largest absolute Gasteiger partial charge is 0.497 e. The number of hydrogen-bond donors (Lipinski definition) is 1. The van der Waals surface area contributed by atoms with Gasteiger partial charge in [-0.1, -0.05) is 18.2 Å². The highest BCUT2D eigenvalue weighted by atomic mass is 19.4. The Morgan fingerprint density at radius 1 is 1.11 bits per heavy atom. The number of H-pyrrole nitrogens is 1. The third kappa shape index (κ3) is 4.43. The van der Waals surface area contributed by atoms with Crippen LogP contribution in [0.1, 0.15) is 35.0 Å². The Kier molecular flexibility index (Phi) is 6.18. The molecular formula is C27H23F3N2O5. The van der Waals surface area contributed by atoms with Crippen molar-refractivity contribution in [1.29, 1.82) is 0 Å². The molecule has 5 rings (SSSR count).